The van der Waals surface area contributed by atoms with Crippen molar-refractivity contribution in [3.63, 3.8) is 0 Å². The Kier molecular flexibility index (Phi) is 3.29. The molecule has 1 atom stereocenters. The second-order valence-corrected chi connectivity index (χ2v) is 5.77. The molecule has 0 bridgehead atoms. The van der Waals surface area contributed by atoms with Gasteiger partial charge in [-0.3, -0.25) is 9.59 Å². The molecule has 19 heavy (non-hydrogen) atoms. The van der Waals surface area contributed by atoms with Crippen molar-refractivity contribution in [1.29, 1.82) is 0 Å². The number of hydrogen-bond donors (Lipinski definition) is 2. The Morgan fingerprint density at radius 1 is 1.32 bits per heavy atom. The maximum absolute atomic E-state index is 11.8. The van der Waals surface area contributed by atoms with Gasteiger partial charge in [0.05, 0.1) is 4.90 Å². The Labute approximate surface area is 109 Å². The normalized spacial score (nSPS) is 19.7. The molecule has 0 saturated carbocycles. The Bertz CT molecular complexity index is 623. The van der Waals surface area contributed by atoms with E-state index in [1.165, 1.54) is 29.2 Å². The number of benzene rings is 1. The number of sulfonamides is 1. The van der Waals surface area contributed by atoms with E-state index in [0.29, 0.717) is 12.2 Å². The Balaban J connectivity index is 2.25. The van der Waals surface area contributed by atoms with E-state index < -0.39 is 27.8 Å². The van der Waals surface area contributed by atoms with Gasteiger partial charge < -0.3 is 10.0 Å². The first-order valence-electron chi connectivity index (χ1n) is 5.48. The molecule has 0 radical (unpaired) electrons. The summed E-state index contributed by atoms with van der Waals surface area (Å²) in [5.41, 5.74) is 0.459. The third-order valence-corrected chi connectivity index (χ3v) is 3.91. The van der Waals surface area contributed by atoms with E-state index in [1.807, 2.05) is 0 Å². The van der Waals surface area contributed by atoms with Crippen molar-refractivity contribution in [3.05, 3.63) is 24.3 Å². The first-order chi connectivity index (χ1) is 8.80. The minimum absolute atomic E-state index is 0.0577. The highest BCUT2D eigenvalue weighted by Crippen LogP contribution is 2.26. The van der Waals surface area contributed by atoms with Gasteiger partial charge in [0.2, 0.25) is 15.9 Å². The molecule has 8 heteroatoms. The molecule has 1 aromatic carbocycles. The fourth-order valence-electron chi connectivity index (χ4n) is 1.98. The number of hydrogen-bond acceptors (Lipinski definition) is 4. The maximum atomic E-state index is 11.8. The summed E-state index contributed by atoms with van der Waals surface area (Å²) >= 11 is 0. The molecular weight excluding hydrogens is 272 g/mol. The summed E-state index contributed by atoms with van der Waals surface area (Å²) in [7, 11) is -3.78. The lowest BCUT2D eigenvalue weighted by molar-refractivity contribution is -0.144. The van der Waals surface area contributed by atoms with E-state index in [1.54, 1.807) is 0 Å². The van der Waals surface area contributed by atoms with Crippen LogP contribution in [0.15, 0.2) is 29.2 Å². The summed E-state index contributed by atoms with van der Waals surface area (Å²) in [6.07, 6.45) is 0.241. The lowest BCUT2D eigenvalue weighted by Gasteiger charge is -2.16. The summed E-state index contributed by atoms with van der Waals surface area (Å²) in [4.78, 5) is 23.9. The fourth-order valence-corrected chi connectivity index (χ4v) is 2.50. The standard InChI is InChI=1S/C11H12N2O5S/c12-19(17,18)8-3-1-7(2-4-8)13-6-5-9(10(13)14)11(15)16/h1-4,9H,5-6H2,(H,15,16)(H2,12,17,18). The Morgan fingerprint density at radius 3 is 2.32 bits per heavy atom. The van der Waals surface area contributed by atoms with Crippen LogP contribution in [-0.2, 0) is 19.6 Å². The molecule has 3 N–H and O–H groups in total. The Morgan fingerprint density at radius 2 is 1.89 bits per heavy atom. The quantitative estimate of drug-likeness (QED) is 0.743. The summed E-state index contributed by atoms with van der Waals surface area (Å²) in [6, 6.07) is 5.43. The van der Waals surface area contributed by atoms with Gasteiger partial charge in [-0.15, -0.1) is 0 Å². The van der Waals surface area contributed by atoms with Crippen LogP contribution in [0.2, 0.25) is 0 Å². The van der Waals surface area contributed by atoms with Crippen molar-refractivity contribution in [3.8, 4) is 0 Å². The van der Waals surface area contributed by atoms with Crippen LogP contribution < -0.4 is 10.0 Å². The highest BCUT2D eigenvalue weighted by atomic mass is 32.2. The molecule has 1 aliphatic rings. The zero-order chi connectivity index (χ0) is 14.2. The van der Waals surface area contributed by atoms with Crippen LogP contribution in [0.1, 0.15) is 6.42 Å². The molecule has 1 amide bonds. The third kappa shape index (κ3) is 2.59. The molecule has 0 aromatic heterocycles. The molecule has 1 aliphatic heterocycles. The number of carboxylic acid groups (broad SMARTS) is 1. The SMILES string of the molecule is NS(=O)(=O)c1ccc(N2CCC(C(=O)O)C2=O)cc1. The second kappa shape index (κ2) is 4.63. The molecule has 1 unspecified atom stereocenters. The van der Waals surface area contributed by atoms with Crippen LogP contribution in [0.4, 0.5) is 5.69 Å². The fraction of sp³-hybridized carbons (Fsp3) is 0.273. The molecule has 2 rings (SSSR count). The average molecular weight is 284 g/mol. The van der Waals surface area contributed by atoms with Crippen molar-refractivity contribution < 1.29 is 23.1 Å². The predicted octanol–water partition coefficient (Wildman–Crippen LogP) is -0.229. The first-order valence-corrected chi connectivity index (χ1v) is 7.02. The number of amides is 1. The summed E-state index contributed by atoms with van der Waals surface area (Å²) in [6.45, 7) is 0.296. The van der Waals surface area contributed by atoms with E-state index in [9.17, 15) is 18.0 Å². The van der Waals surface area contributed by atoms with Gasteiger partial charge in [0, 0.05) is 12.2 Å². The molecule has 0 spiro atoms. The molecule has 0 aliphatic carbocycles. The van der Waals surface area contributed by atoms with Gasteiger partial charge in [0.15, 0.2) is 0 Å². The van der Waals surface area contributed by atoms with Crippen LogP contribution in [0.25, 0.3) is 0 Å². The number of nitrogens with two attached hydrogens (primary N) is 1. The van der Waals surface area contributed by atoms with E-state index in [-0.39, 0.29) is 11.3 Å². The third-order valence-electron chi connectivity index (χ3n) is 2.98. The van der Waals surface area contributed by atoms with E-state index in [2.05, 4.69) is 0 Å². The van der Waals surface area contributed by atoms with Crippen LogP contribution >= 0.6 is 0 Å². The second-order valence-electron chi connectivity index (χ2n) is 4.21. The number of anilines is 1. The topological polar surface area (TPSA) is 118 Å². The van der Waals surface area contributed by atoms with Gasteiger partial charge in [-0.1, -0.05) is 0 Å². The van der Waals surface area contributed by atoms with Crippen molar-refractivity contribution in [1.82, 2.24) is 0 Å². The van der Waals surface area contributed by atoms with Gasteiger partial charge in [-0.2, -0.15) is 0 Å². The van der Waals surface area contributed by atoms with Crippen molar-refractivity contribution in [2.24, 2.45) is 11.1 Å². The number of carboxylic acids is 1. The van der Waals surface area contributed by atoms with E-state index >= 15 is 0 Å². The number of nitrogens with zero attached hydrogens (tertiary/aromatic N) is 1. The van der Waals surface area contributed by atoms with Crippen LogP contribution in [0, 0.1) is 5.92 Å². The number of primary sulfonamides is 1. The predicted molar refractivity (Wildman–Crippen MR) is 65.9 cm³/mol. The van der Waals surface area contributed by atoms with Crippen LogP contribution in [0.5, 0.6) is 0 Å². The number of aliphatic carboxylic acids is 1. The summed E-state index contributed by atoms with van der Waals surface area (Å²) in [5.74, 6) is -2.66. The van der Waals surface area contributed by atoms with E-state index in [4.69, 9.17) is 10.2 Å². The van der Waals surface area contributed by atoms with Crippen molar-refractivity contribution >= 4 is 27.6 Å². The van der Waals surface area contributed by atoms with Gasteiger partial charge >= 0.3 is 5.97 Å². The number of carbonyl (C=O) groups is 2. The number of carbonyl (C=O) groups excluding carboxylic acids is 1. The molecule has 1 fully saturated rings. The highest BCUT2D eigenvalue weighted by molar-refractivity contribution is 7.89. The molecule has 7 nitrogen and oxygen atoms in total. The molecule has 1 saturated heterocycles. The Hall–Kier alpha value is -1.93. The number of rotatable bonds is 3. The minimum atomic E-state index is -3.78. The maximum Gasteiger partial charge on any atom is 0.316 e. The van der Waals surface area contributed by atoms with Crippen LogP contribution in [-0.4, -0.2) is 31.9 Å². The van der Waals surface area contributed by atoms with E-state index in [0.717, 1.165) is 0 Å². The minimum Gasteiger partial charge on any atom is -0.481 e. The van der Waals surface area contributed by atoms with Crippen molar-refractivity contribution in [2.45, 2.75) is 11.3 Å². The van der Waals surface area contributed by atoms with Gasteiger partial charge in [-0.05, 0) is 30.7 Å². The van der Waals surface area contributed by atoms with Crippen LogP contribution in [0.3, 0.4) is 0 Å². The lowest BCUT2D eigenvalue weighted by atomic mass is 10.1. The molecule has 102 valence electrons. The summed E-state index contributed by atoms with van der Waals surface area (Å²) in [5, 5.41) is 13.8. The largest absolute Gasteiger partial charge is 0.481 e. The molecule has 1 heterocycles. The zero-order valence-electron chi connectivity index (χ0n) is 9.81. The van der Waals surface area contributed by atoms with Gasteiger partial charge in [0.1, 0.15) is 5.92 Å². The first kappa shape index (κ1) is 13.5. The highest BCUT2D eigenvalue weighted by Gasteiger charge is 2.37. The summed E-state index contributed by atoms with van der Waals surface area (Å²) < 4.78 is 22.2. The van der Waals surface area contributed by atoms with Gasteiger partial charge in [-0.25, -0.2) is 13.6 Å². The van der Waals surface area contributed by atoms with Crippen molar-refractivity contribution in [2.75, 3.05) is 11.4 Å². The smallest absolute Gasteiger partial charge is 0.316 e. The zero-order valence-corrected chi connectivity index (χ0v) is 10.6. The molecular formula is C11H12N2O5S. The monoisotopic (exact) mass is 284 g/mol. The lowest BCUT2D eigenvalue weighted by Crippen LogP contribution is -2.30. The van der Waals surface area contributed by atoms with Gasteiger partial charge in [0.25, 0.3) is 0 Å². The molecule has 1 aromatic rings. The average Bonchev–Trinajstić information content (AvgIpc) is 2.70.